The molecule has 1 unspecified atom stereocenters. The van der Waals surface area contributed by atoms with Gasteiger partial charge in [0, 0.05) is 16.7 Å². The predicted octanol–water partition coefficient (Wildman–Crippen LogP) is 5.27. The largest absolute Gasteiger partial charge is 0.311 e. The quantitative estimate of drug-likeness (QED) is 0.282. The van der Waals surface area contributed by atoms with Crippen LogP contribution in [0.2, 0.25) is 0 Å². The zero-order valence-electron chi connectivity index (χ0n) is 19.0. The van der Waals surface area contributed by atoms with Crippen molar-refractivity contribution >= 4 is 46.0 Å². The van der Waals surface area contributed by atoms with Crippen molar-refractivity contribution in [3.05, 3.63) is 88.7 Å². The summed E-state index contributed by atoms with van der Waals surface area (Å²) in [5, 5.41) is 10.5. The number of aromatic nitrogens is 2. The third-order valence-electron chi connectivity index (χ3n) is 5.87. The van der Waals surface area contributed by atoms with Crippen LogP contribution >= 0.6 is 23.5 Å². The maximum absolute atomic E-state index is 13.4. The van der Waals surface area contributed by atoms with Gasteiger partial charge in [0.2, 0.25) is 5.91 Å². The highest BCUT2D eigenvalue weighted by atomic mass is 32.2. The Labute approximate surface area is 211 Å². The van der Waals surface area contributed by atoms with Gasteiger partial charge in [-0.2, -0.15) is 5.26 Å². The molecular formula is C27H22N4O2S2. The van der Waals surface area contributed by atoms with Crippen LogP contribution in [-0.4, -0.2) is 33.0 Å². The Morgan fingerprint density at radius 2 is 1.86 bits per heavy atom. The Morgan fingerprint density at radius 1 is 1.11 bits per heavy atom. The number of nitriles is 1. The number of amides is 1. The zero-order chi connectivity index (χ0) is 24.4. The molecule has 8 heteroatoms. The van der Waals surface area contributed by atoms with Crippen LogP contribution < -0.4 is 10.5 Å². The molecule has 35 heavy (non-hydrogen) atoms. The van der Waals surface area contributed by atoms with Crippen LogP contribution in [0.15, 0.2) is 87.6 Å². The number of rotatable bonds is 4. The summed E-state index contributed by atoms with van der Waals surface area (Å²) in [4.78, 5) is 34.6. The van der Waals surface area contributed by atoms with E-state index in [1.165, 1.54) is 16.3 Å². The van der Waals surface area contributed by atoms with Gasteiger partial charge in [0.15, 0.2) is 5.16 Å². The molecule has 4 aromatic rings. The maximum Gasteiger partial charge on any atom is 0.266 e. The molecule has 0 aliphatic carbocycles. The lowest BCUT2D eigenvalue weighted by Gasteiger charge is -2.22. The molecule has 2 heterocycles. The van der Waals surface area contributed by atoms with E-state index in [1.54, 1.807) is 54.2 Å². The molecule has 0 saturated carbocycles. The van der Waals surface area contributed by atoms with Crippen LogP contribution in [0, 0.1) is 11.3 Å². The second-order valence-corrected chi connectivity index (χ2v) is 10.7. The number of hydrogen-bond acceptors (Lipinski definition) is 6. The Hall–Kier alpha value is -3.54. The average Bonchev–Trinajstić information content (AvgIpc) is 3.05. The van der Waals surface area contributed by atoms with Crippen molar-refractivity contribution < 1.29 is 4.79 Å². The van der Waals surface area contributed by atoms with Gasteiger partial charge in [0.25, 0.3) is 5.56 Å². The Kier molecular flexibility index (Phi) is 6.62. The average molecular weight is 499 g/mol. The number of fused-ring (bicyclic) bond motifs is 2. The number of para-hydroxylation sites is 2. The Balaban J connectivity index is 1.50. The molecule has 0 N–H and O–H groups in total. The van der Waals surface area contributed by atoms with Gasteiger partial charge < -0.3 is 4.90 Å². The molecule has 1 atom stereocenters. The van der Waals surface area contributed by atoms with E-state index in [0.29, 0.717) is 39.1 Å². The van der Waals surface area contributed by atoms with E-state index >= 15 is 0 Å². The van der Waals surface area contributed by atoms with Gasteiger partial charge in [-0.3, -0.25) is 14.2 Å². The van der Waals surface area contributed by atoms with E-state index in [0.717, 1.165) is 17.0 Å². The fourth-order valence-electron chi connectivity index (χ4n) is 4.07. The summed E-state index contributed by atoms with van der Waals surface area (Å²) in [6.07, 6.45) is 0.903. The minimum atomic E-state index is -0.208. The van der Waals surface area contributed by atoms with Crippen molar-refractivity contribution in [3.8, 4) is 11.8 Å². The molecule has 1 aliphatic rings. The highest BCUT2D eigenvalue weighted by Crippen LogP contribution is 2.37. The number of carbonyl (C=O) groups excluding carboxylic acids is 1. The molecule has 174 valence electrons. The summed E-state index contributed by atoms with van der Waals surface area (Å²) < 4.78 is 1.52. The van der Waals surface area contributed by atoms with Gasteiger partial charge in [-0.15, -0.1) is 11.8 Å². The van der Waals surface area contributed by atoms with E-state index in [1.807, 2.05) is 29.2 Å². The van der Waals surface area contributed by atoms with Crippen molar-refractivity contribution in [2.45, 2.75) is 28.6 Å². The summed E-state index contributed by atoms with van der Waals surface area (Å²) in [5.74, 6) is 0.125. The summed E-state index contributed by atoms with van der Waals surface area (Å²) >= 11 is 3.05. The number of benzene rings is 3. The van der Waals surface area contributed by atoms with Crippen molar-refractivity contribution in [2.24, 2.45) is 0 Å². The molecule has 0 fully saturated rings. The van der Waals surface area contributed by atoms with Crippen LogP contribution in [0.4, 0.5) is 5.69 Å². The van der Waals surface area contributed by atoms with Crippen LogP contribution in [0.25, 0.3) is 16.6 Å². The number of carbonyl (C=O) groups is 1. The van der Waals surface area contributed by atoms with Gasteiger partial charge in [-0.1, -0.05) is 43.0 Å². The van der Waals surface area contributed by atoms with Crippen LogP contribution in [-0.2, 0) is 4.79 Å². The van der Waals surface area contributed by atoms with E-state index in [-0.39, 0.29) is 17.2 Å². The molecule has 6 nitrogen and oxygen atoms in total. The summed E-state index contributed by atoms with van der Waals surface area (Å²) in [6, 6.07) is 24.1. The first-order valence-corrected chi connectivity index (χ1v) is 13.1. The highest BCUT2D eigenvalue weighted by Gasteiger charge is 2.25. The van der Waals surface area contributed by atoms with Crippen LogP contribution in [0.5, 0.6) is 0 Å². The molecule has 0 saturated heterocycles. The lowest BCUT2D eigenvalue weighted by molar-refractivity contribution is -0.116. The third-order valence-corrected chi connectivity index (χ3v) is 8.03. The van der Waals surface area contributed by atoms with E-state index in [2.05, 4.69) is 19.1 Å². The minimum Gasteiger partial charge on any atom is -0.311 e. The Bertz CT molecular complexity index is 1510. The molecule has 1 amide bonds. The standard InChI is InChI=1S/C27H22N4O2S2/c1-18-14-15-30(23-8-4-5-9-24(23)35-18)25(32)17-34-27-29-22-7-3-2-6-21(22)26(33)31(27)20-12-10-19(16-28)11-13-20/h2-13,18H,14-15,17H2,1H3. The lowest BCUT2D eigenvalue weighted by atomic mass is 10.2. The van der Waals surface area contributed by atoms with Crippen LogP contribution in [0.3, 0.4) is 0 Å². The first-order valence-electron chi connectivity index (χ1n) is 11.3. The van der Waals surface area contributed by atoms with E-state index in [9.17, 15) is 9.59 Å². The molecule has 5 rings (SSSR count). The van der Waals surface area contributed by atoms with Crippen molar-refractivity contribution in [2.75, 3.05) is 17.2 Å². The van der Waals surface area contributed by atoms with Crippen molar-refractivity contribution in [3.63, 3.8) is 0 Å². The molecular weight excluding hydrogens is 476 g/mol. The normalized spacial score (nSPS) is 15.3. The first-order chi connectivity index (χ1) is 17.0. The summed E-state index contributed by atoms with van der Waals surface area (Å²) in [7, 11) is 0. The van der Waals surface area contributed by atoms with Gasteiger partial charge in [0.05, 0.1) is 39.7 Å². The second kappa shape index (κ2) is 9.98. The number of thioether (sulfide) groups is 2. The van der Waals surface area contributed by atoms with Crippen LogP contribution in [0.1, 0.15) is 18.9 Å². The van der Waals surface area contributed by atoms with Crippen molar-refractivity contribution in [1.29, 1.82) is 5.26 Å². The van der Waals surface area contributed by atoms with E-state index in [4.69, 9.17) is 10.2 Å². The maximum atomic E-state index is 13.4. The number of hydrogen-bond donors (Lipinski definition) is 0. The molecule has 0 spiro atoms. The van der Waals surface area contributed by atoms with Gasteiger partial charge in [-0.05, 0) is 55.0 Å². The third kappa shape index (κ3) is 4.70. The predicted molar refractivity (Wildman–Crippen MR) is 142 cm³/mol. The van der Waals surface area contributed by atoms with Crippen molar-refractivity contribution in [1.82, 2.24) is 9.55 Å². The molecule has 0 bridgehead atoms. The fourth-order valence-corrected chi connectivity index (χ4v) is 6.07. The molecule has 1 aliphatic heterocycles. The number of nitrogens with zero attached hydrogens (tertiary/aromatic N) is 4. The first kappa shape index (κ1) is 23.2. The topological polar surface area (TPSA) is 79.0 Å². The van der Waals surface area contributed by atoms with E-state index < -0.39 is 0 Å². The molecule has 1 aromatic heterocycles. The summed E-state index contributed by atoms with van der Waals surface area (Å²) in [5.41, 5.74) is 2.42. The molecule has 0 radical (unpaired) electrons. The lowest BCUT2D eigenvalue weighted by Crippen LogP contribution is -2.34. The Morgan fingerprint density at radius 3 is 2.66 bits per heavy atom. The SMILES string of the molecule is CC1CCN(C(=O)CSc2nc3ccccc3c(=O)n2-c2ccc(C#N)cc2)c2ccccc2S1. The van der Waals surface area contributed by atoms with Gasteiger partial charge in [0.1, 0.15) is 0 Å². The zero-order valence-corrected chi connectivity index (χ0v) is 20.7. The molecule has 3 aromatic carbocycles. The second-order valence-electron chi connectivity index (χ2n) is 8.23. The fraction of sp³-hybridized carbons (Fsp3) is 0.185. The summed E-state index contributed by atoms with van der Waals surface area (Å²) in [6.45, 7) is 2.83. The monoisotopic (exact) mass is 498 g/mol. The smallest absolute Gasteiger partial charge is 0.266 e. The van der Waals surface area contributed by atoms with Gasteiger partial charge >= 0.3 is 0 Å². The van der Waals surface area contributed by atoms with Gasteiger partial charge in [-0.25, -0.2) is 4.98 Å². The minimum absolute atomic E-state index is 0.0223. The highest BCUT2D eigenvalue weighted by molar-refractivity contribution is 8.00. The number of anilines is 1.